The number of rotatable bonds is 5. The van der Waals surface area contributed by atoms with Gasteiger partial charge in [0.1, 0.15) is 0 Å². The molecule has 2 amide bonds. The average molecular weight is 358 g/mol. The van der Waals surface area contributed by atoms with E-state index >= 15 is 0 Å². The van der Waals surface area contributed by atoms with E-state index in [1.54, 1.807) is 55.5 Å². The molecule has 0 aliphatic carbocycles. The lowest BCUT2D eigenvalue weighted by atomic mass is 10.1. The summed E-state index contributed by atoms with van der Waals surface area (Å²) in [6.07, 6.45) is 1.07. The summed E-state index contributed by atoms with van der Waals surface area (Å²) >= 11 is 0. The second-order valence-corrected chi connectivity index (χ2v) is 7.26. The highest BCUT2D eigenvalue weighted by Gasteiger charge is 2.11. The van der Waals surface area contributed by atoms with Crippen LogP contribution < -0.4 is 15.4 Å². The lowest BCUT2D eigenvalue weighted by molar-refractivity contribution is 0.249. The Morgan fingerprint density at radius 1 is 1.12 bits per heavy atom. The van der Waals surface area contributed by atoms with Crippen LogP contribution >= 0.6 is 0 Å². The Labute approximate surface area is 146 Å². The fourth-order valence-electron chi connectivity index (χ4n) is 2.20. The summed E-state index contributed by atoms with van der Waals surface area (Å²) in [6, 6.07) is 14.6. The molecule has 0 aliphatic heterocycles. The summed E-state index contributed by atoms with van der Waals surface area (Å²) in [7, 11) is -3.37. The molecular formula is C17H18N4O3S. The molecule has 25 heavy (non-hydrogen) atoms. The molecule has 2 rings (SSSR count). The normalized spacial score (nSPS) is 11.9. The first-order valence-electron chi connectivity index (χ1n) is 7.42. The van der Waals surface area contributed by atoms with E-state index in [4.69, 9.17) is 5.26 Å². The van der Waals surface area contributed by atoms with Gasteiger partial charge >= 0.3 is 6.03 Å². The van der Waals surface area contributed by atoms with Crippen LogP contribution in [0.3, 0.4) is 0 Å². The van der Waals surface area contributed by atoms with Crippen molar-refractivity contribution in [1.82, 2.24) is 5.32 Å². The van der Waals surface area contributed by atoms with Gasteiger partial charge in [0.15, 0.2) is 0 Å². The molecule has 0 saturated carbocycles. The van der Waals surface area contributed by atoms with Gasteiger partial charge in [-0.3, -0.25) is 4.72 Å². The van der Waals surface area contributed by atoms with Gasteiger partial charge in [0.05, 0.1) is 23.9 Å². The smallest absolute Gasteiger partial charge is 0.319 e. The van der Waals surface area contributed by atoms with Crippen LogP contribution in [0.5, 0.6) is 0 Å². The van der Waals surface area contributed by atoms with Crippen molar-refractivity contribution in [3.8, 4) is 6.07 Å². The van der Waals surface area contributed by atoms with Gasteiger partial charge in [0, 0.05) is 11.4 Å². The highest BCUT2D eigenvalue weighted by molar-refractivity contribution is 7.92. The van der Waals surface area contributed by atoms with E-state index in [0.29, 0.717) is 16.9 Å². The van der Waals surface area contributed by atoms with E-state index in [0.717, 1.165) is 11.8 Å². The lowest BCUT2D eigenvalue weighted by Gasteiger charge is -2.16. The molecule has 8 heteroatoms. The van der Waals surface area contributed by atoms with Gasteiger partial charge in [-0.1, -0.05) is 18.2 Å². The quantitative estimate of drug-likeness (QED) is 0.763. The molecule has 3 N–H and O–H groups in total. The highest BCUT2D eigenvalue weighted by atomic mass is 32.2. The maximum Gasteiger partial charge on any atom is 0.319 e. The van der Waals surface area contributed by atoms with Crippen LogP contribution in [-0.4, -0.2) is 20.7 Å². The minimum atomic E-state index is -3.37. The number of hydrogen-bond acceptors (Lipinski definition) is 4. The number of hydrogen-bond donors (Lipinski definition) is 3. The van der Waals surface area contributed by atoms with Crippen molar-refractivity contribution in [2.24, 2.45) is 0 Å². The Morgan fingerprint density at radius 3 is 2.48 bits per heavy atom. The molecule has 7 nitrogen and oxygen atoms in total. The fraction of sp³-hybridized carbons (Fsp3) is 0.176. The molecule has 0 radical (unpaired) electrons. The number of anilines is 2. The molecule has 130 valence electrons. The number of benzene rings is 2. The van der Waals surface area contributed by atoms with Crippen LogP contribution in [0.1, 0.15) is 24.1 Å². The van der Waals surface area contributed by atoms with Crippen LogP contribution in [0.4, 0.5) is 16.2 Å². The average Bonchev–Trinajstić information content (AvgIpc) is 2.53. The predicted octanol–water partition coefficient (Wildman–Crippen LogP) is 2.81. The number of urea groups is 1. The van der Waals surface area contributed by atoms with Gasteiger partial charge in [-0.25, -0.2) is 13.2 Å². The van der Waals surface area contributed by atoms with Gasteiger partial charge in [-0.05, 0) is 42.8 Å². The third-order valence-electron chi connectivity index (χ3n) is 3.29. The molecular weight excluding hydrogens is 340 g/mol. The van der Waals surface area contributed by atoms with E-state index in [2.05, 4.69) is 15.4 Å². The first kappa shape index (κ1) is 18.3. The van der Waals surface area contributed by atoms with Crippen LogP contribution in [0.2, 0.25) is 0 Å². The van der Waals surface area contributed by atoms with E-state index in [-0.39, 0.29) is 6.04 Å². The van der Waals surface area contributed by atoms with Crippen molar-refractivity contribution >= 4 is 27.4 Å². The molecule has 0 aromatic heterocycles. The Morgan fingerprint density at radius 2 is 1.80 bits per heavy atom. The molecule has 0 aliphatic rings. The van der Waals surface area contributed by atoms with Gasteiger partial charge in [0.25, 0.3) is 0 Å². The second-order valence-electron chi connectivity index (χ2n) is 5.51. The summed E-state index contributed by atoms with van der Waals surface area (Å²) in [5.74, 6) is 0. The standard InChI is InChI=1S/C17H18N4O3S/c1-12(14-6-4-8-16(10-14)21-25(2,23)24)19-17(22)20-15-7-3-5-13(9-15)11-18/h3-10,12,21H,1-2H3,(H2,19,20,22). The van der Waals surface area contributed by atoms with Gasteiger partial charge in [-0.15, -0.1) is 0 Å². The highest BCUT2D eigenvalue weighted by Crippen LogP contribution is 2.18. The third kappa shape index (κ3) is 5.82. The predicted molar refractivity (Wildman–Crippen MR) is 96.6 cm³/mol. The summed E-state index contributed by atoms with van der Waals surface area (Å²) in [5.41, 5.74) is 2.13. The Bertz CT molecular complexity index is 919. The third-order valence-corrected chi connectivity index (χ3v) is 3.89. The first-order valence-corrected chi connectivity index (χ1v) is 9.31. The lowest BCUT2D eigenvalue weighted by Crippen LogP contribution is -2.31. The Kier molecular flexibility index (Phi) is 5.62. The van der Waals surface area contributed by atoms with Crippen LogP contribution in [-0.2, 0) is 10.0 Å². The fourth-order valence-corrected chi connectivity index (χ4v) is 2.75. The molecule has 0 heterocycles. The number of carbonyl (C=O) groups excluding carboxylic acids is 1. The number of nitrogens with zero attached hydrogens (tertiary/aromatic N) is 1. The minimum Gasteiger partial charge on any atom is -0.331 e. The number of carbonyl (C=O) groups is 1. The van der Waals surface area contributed by atoms with Crippen molar-refractivity contribution in [3.05, 3.63) is 59.7 Å². The number of amides is 2. The monoisotopic (exact) mass is 358 g/mol. The van der Waals surface area contributed by atoms with E-state index in [1.807, 2.05) is 6.07 Å². The summed E-state index contributed by atoms with van der Waals surface area (Å²) in [5, 5.41) is 14.3. The number of nitrogens with one attached hydrogen (secondary N) is 3. The van der Waals surface area contributed by atoms with Gasteiger partial charge < -0.3 is 10.6 Å². The Hall–Kier alpha value is -3.05. The zero-order valence-corrected chi connectivity index (χ0v) is 14.6. The molecule has 0 saturated heterocycles. The minimum absolute atomic E-state index is 0.347. The molecule has 0 spiro atoms. The van der Waals surface area contributed by atoms with E-state index < -0.39 is 16.1 Å². The maximum absolute atomic E-state index is 12.1. The molecule has 2 aromatic carbocycles. The number of sulfonamides is 1. The van der Waals surface area contributed by atoms with Crippen molar-refractivity contribution in [1.29, 1.82) is 5.26 Å². The topological polar surface area (TPSA) is 111 Å². The summed E-state index contributed by atoms with van der Waals surface area (Å²) in [6.45, 7) is 1.78. The zero-order valence-electron chi connectivity index (χ0n) is 13.8. The Balaban J connectivity index is 2.03. The number of nitriles is 1. The van der Waals surface area contributed by atoms with Crippen molar-refractivity contribution in [2.75, 3.05) is 16.3 Å². The second kappa shape index (κ2) is 7.68. The largest absolute Gasteiger partial charge is 0.331 e. The SMILES string of the molecule is CC(NC(=O)Nc1cccc(C#N)c1)c1cccc(NS(C)(=O)=O)c1. The van der Waals surface area contributed by atoms with Crippen LogP contribution in [0.25, 0.3) is 0 Å². The molecule has 1 atom stereocenters. The van der Waals surface area contributed by atoms with Crippen LogP contribution in [0.15, 0.2) is 48.5 Å². The molecule has 1 unspecified atom stereocenters. The van der Waals surface area contributed by atoms with E-state index in [1.165, 1.54) is 0 Å². The summed E-state index contributed by atoms with van der Waals surface area (Å²) in [4.78, 5) is 12.1. The van der Waals surface area contributed by atoms with E-state index in [9.17, 15) is 13.2 Å². The summed E-state index contributed by atoms with van der Waals surface area (Å²) < 4.78 is 25.0. The maximum atomic E-state index is 12.1. The van der Waals surface area contributed by atoms with Crippen molar-refractivity contribution in [3.63, 3.8) is 0 Å². The van der Waals surface area contributed by atoms with Crippen molar-refractivity contribution in [2.45, 2.75) is 13.0 Å². The molecule has 0 bridgehead atoms. The zero-order chi connectivity index (χ0) is 18.4. The van der Waals surface area contributed by atoms with Crippen LogP contribution in [0, 0.1) is 11.3 Å². The first-order chi connectivity index (χ1) is 11.8. The van der Waals surface area contributed by atoms with Crippen molar-refractivity contribution < 1.29 is 13.2 Å². The van der Waals surface area contributed by atoms with Gasteiger partial charge in [0.2, 0.25) is 10.0 Å². The van der Waals surface area contributed by atoms with Gasteiger partial charge in [-0.2, -0.15) is 5.26 Å². The molecule has 0 fully saturated rings. The molecule has 2 aromatic rings.